The standard InChI is InChI=1S/C10H24N2O2Si/c1-12(2)8-7-11-6-5-9-15-10(13-3)14-4/h10-11H,5-9H2,1-4H3. The molecule has 0 aliphatic carbocycles. The van der Waals surface area contributed by atoms with Crippen molar-refractivity contribution < 1.29 is 9.47 Å². The maximum Gasteiger partial charge on any atom is 0.136 e. The zero-order chi connectivity index (χ0) is 11.5. The second kappa shape index (κ2) is 10.6. The van der Waals surface area contributed by atoms with Gasteiger partial charge in [0.2, 0.25) is 0 Å². The Kier molecular flexibility index (Phi) is 10.6. The molecule has 0 rings (SSSR count). The SMILES string of the molecule is COC(OC)[Si]CCCNCCN(C)C. The van der Waals surface area contributed by atoms with Crippen molar-refractivity contribution in [1.29, 1.82) is 0 Å². The predicted molar refractivity (Wildman–Crippen MR) is 64.4 cm³/mol. The first-order chi connectivity index (χ1) is 7.20. The van der Waals surface area contributed by atoms with Crippen LogP contribution in [0.4, 0.5) is 0 Å². The van der Waals surface area contributed by atoms with Crippen LogP contribution in [0.3, 0.4) is 0 Å². The summed E-state index contributed by atoms with van der Waals surface area (Å²) in [6, 6.07) is 1.17. The van der Waals surface area contributed by atoms with E-state index in [0.717, 1.165) is 29.2 Å². The van der Waals surface area contributed by atoms with Gasteiger partial charge in [-0.25, -0.2) is 0 Å². The van der Waals surface area contributed by atoms with Gasteiger partial charge >= 0.3 is 0 Å². The third-order valence-electron chi connectivity index (χ3n) is 2.01. The highest BCUT2D eigenvalue weighted by atomic mass is 28.2. The lowest BCUT2D eigenvalue weighted by Crippen LogP contribution is -2.28. The lowest BCUT2D eigenvalue weighted by atomic mass is 10.4. The molecule has 0 aromatic heterocycles. The number of hydrogen-bond donors (Lipinski definition) is 1. The molecule has 0 aliphatic rings. The Labute approximate surface area is 96.1 Å². The van der Waals surface area contributed by atoms with Crippen LogP contribution in [0, 0.1) is 0 Å². The largest absolute Gasteiger partial charge is 0.360 e. The van der Waals surface area contributed by atoms with Gasteiger partial charge < -0.3 is 19.7 Å². The monoisotopic (exact) mass is 232 g/mol. The van der Waals surface area contributed by atoms with E-state index >= 15 is 0 Å². The molecule has 15 heavy (non-hydrogen) atoms. The average molecular weight is 232 g/mol. The van der Waals surface area contributed by atoms with E-state index in [4.69, 9.17) is 9.47 Å². The van der Waals surface area contributed by atoms with Crippen LogP contribution in [0.15, 0.2) is 0 Å². The van der Waals surface area contributed by atoms with Crippen molar-refractivity contribution >= 4 is 9.52 Å². The molecule has 0 unspecified atom stereocenters. The number of nitrogens with zero attached hydrogens (tertiary/aromatic N) is 1. The van der Waals surface area contributed by atoms with Gasteiger partial charge in [0.25, 0.3) is 0 Å². The van der Waals surface area contributed by atoms with Gasteiger partial charge in [-0.05, 0) is 27.1 Å². The molecule has 5 heteroatoms. The molecule has 4 nitrogen and oxygen atoms in total. The Morgan fingerprint density at radius 2 is 1.87 bits per heavy atom. The Morgan fingerprint density at radius 1 is 1.20 bits per heavy atom. The molecule has 0 atom stereocenters. The summed E-state index contributed by atoms with van der Waals surface area (Å²) in [6.07, 6.45) is 1.19. The smallest absolute Gasteiger partial charge is 0.136 e. The van der Waals surface area contributed by atoms with Gasteiger partial charge in [0, 0.05) is 27.3 Å². The summed E-state index contributed by atoms with van der Waals surface area (Å²) in [5.41, 5.74) is 0. The fourth-order valence-corrected chi connectivity index (χ4v) is 2.07. The quantitative estimate of drug-likeness (QED) is 0.332. The highest BCUT2D eigenvalue weighted by molar-refractivity contribution is 6.36. The highest BCUT2D eigenvalue weighted by Gasteiger charge is 2.04. The normalized spacial score (nSPS) is 11.6. The van der Waals surface area contributed by atoms with Gasteiger partial charge in [-0.15, -0.1) is 0 Å². The molecular weight excluding hydrogens is 208 g/mol. The second-order valence-corrected chi connectivity index (χ2v) is 5.04. The number of ether oxygens (including phenoxy) is 2. The van der Waals surface area contributed by atoms with Crippen LogP contribution in [0.1, 0.15) is 6.42 Å². The first-order valence-electron chi connectivity index (χ1n) is 5.35. The molecule has 0 aromatic rings. The summed E-state index contributed by atoms with van der Waals surface area (Å²) in [5, 5.41) is 3.41. The minimum absolute atomic E-state index is 0.00762. The fourth-order valence-electron chi connectivity index (χ4n) is 1.12. The van der Waals surface area contributed by atoms with Crippen molar-refractivity contribution in [3.8, 4) is 0 Å². The number of hydrogen-bond acceptors (Lipinski definition) is 4. The van der Waals surface area contributed by atoms with Gasteiger partial charge in [-0.3, -0.25) is 0 Å². The lowest BCUT2D eigenvalue weighted by Gasteiger charge is -2.12. The molecule has 1 N–H and O–H groups in total. The molecule has 0 amide bonds. The van der Waals surface area contributed by atoms with E-state index in [1.54, 1.807) is 14.2 Å². The van der Waals surface area contributed by atoms with Gasteiger partial charge in [0.05, 0.1) is 0 Å². The molecule has 2 radical (unpaired) electrons. The topological polar surface area (TPSA) is 33.7 Å². The number of likely N-dealkylation sites (N-methyl/N-ethyl adjacent to an activating group) is 1. The number of nitrogens with one attached hydrogen (secondary N) is 1. The van der Waals surface area contributed by atoms with E-state index < -0.39 is 0 Å². The van der Waals surface area contributed by atoms with E-state index in [1.165, 1.54) is 12.5 Å². The van der Waals surface area contributed by atoms with Crippen LogP contribution in [-0.4, -0.2) is 68.3 Å². The average Bonchev–Trinajstić information content (AvgIpc) is 2.22. The highest BCUT2D eigenvalue weighted by Crippen LogP contribution is 1.95. The van der Waals surface area contributed by atoms with Gasteiger partial charge in [-0.1, -0.05) is 6.04 Å². The third-order valence-corrected chi connectivity index (χ3v) is 3.45. The number of methoxy groups -OCH3 is 2. The minimum Gasteiger partial charge on any atom is -0.360 e. The minimum atomic E-state index is -0.00762. The summed E-state index contributed by atoms with van der Waals surface area (Å²) in [6.45, 7) is 3.25. The molecule has 0 spiro atoms. The van der Waals surface area contributed by atoms with E-state index in [2.05, 4.69) is 24.3 Å². The van der Waals surface area contributed by atoms with E-state index in [0.29, 0.717) is 0 Å². The van der Waals surface area contributed by atoms with Crippen molar-refractivity contribution in [2.75, 3.05) is 47.9 Å². The van der Waals surface area contributed by atoms with Crippen molar-refractivity contribution in [1.82, 2.24) is 10.2 Å². The van der Waals surface area contributed by atoms with Crippen molar-refractivity contribution in [3.63, 3.8) is 0 Å². The second-order valence-electron chi connectivity index (χ2n) is 3.66. The summed E-state index contributed by atoms with van der Waals surface area (Å²) in [5.74, 6) is -0.00762. The van der Waals surface area contributed by atoms with Crippen molar-refractivity contribution in [2.45, 2.75) is 18.4 Å². The maximum absolute atomic E-state index is 5.12. The molecule has 0 saturated heterocycles. The lowest BCUT2D eigenvalue weighted by molar-refractivity contribution is -0.0441. The van der Waals surface area contributed by atoms with Crippen LogP contribution in [0.2, 0.25) is 6.04 Å². The molecule has 0 aromatic carbocycles. The first kappa shape index (κ1) is 15.1. The van der Waals surface area contributed by atoms with Crippen LogP contribution in [0.25, 0.3) is 0 Å². The van der Waals surface area contributed by atoms with Crippen LogP contribution in [0.5, 0.6) is 0 Å². The molecule has 0 saturated carbocycles. The van der Waals surface area contributed by atoms with Gasteiger partial charge in [0.15, 0.2) is 0 Å². The van der Waals surface area contributed by atoms with Crippen LogP contribution < -0.4 is 5.32 Å². The fraction of sp³-hybridized carbons (Fsp3) is 1.00. The molecule has 90 valence electrons. The van der Waals surface area contributed by atoms with Crippen LogP contribution >= 0.6 is 0 Å². The zero-order valence-corrected chi connectivity index (χ0v) is 11.4. The Bertz CT molecular complexity index is 133. The third kappa shape index (κ3) is 10.3. The summed E-state index contributed by atoms with van der Waals surface area (Å²) in [7, 11) is 8.29. The maximum atomic E-state index is 5.12. The molecule has 0 bridgehead atoms. The summed E-state index contributed by atoms with van der Waals surface area (Å²) in [4.78, 5) is 2.18. The summed E-state index contributed by atoms with van der Waals surface area (Å²) < 4.78 is 10.2. The molecule has 0 aliphatic heterocycles. The van der Waals surface area contributed by atoms with Crippen LogP contribution in [-0.2, 0) is 9.47 Å². The zero-order valence-electron chi connectivity index (χ0n) is 10.4. The van der Waals surface area contributed by atoms with Crippen molar-refractivity contribution in [3.05, 3.63) is 0 Å². The molecule has 0 heterocycles. The molecule has 0 fully saturated rings. The van der Waals surface area contributed by atoms with Crippen molar-refractivity contribution in [2.24, 2.45) is 0 Å². The van der Waals surface area contributed by atoms with E-state index in [-0.39, 0.29) is 5.91 Å². The molecular formula is C10H24N2O2Si. The van der Waals surface area contributed by atoms with Gasteiger partial charge in [0.1, 0.15) is 15.4 Å². The van der Waals surface area contributed by atoms with Gasteiger partial charge in [-0.2, -0.15) is 0 Å². The Balaban J connectivity index is 3.10. The van der Waals surface area contributed by atoms with E-state index in [9.17, 15) is 0 Å². The summed E-state index contributed by atoms with van der Waals surface area (Å²) >= 11 is 0. The van der Waals surface area contributed by atoms with E-state index in [1.807, 2.05) is 0 Å². The predicted octanol–water partition coefficient (Wildman–Crippen LogP) is 0.227. The number of rotatable bonds is 10. The first-order valence-corrected chi connectivity index (χ1v) is 6.63. The Hall–Kier alpha value is 0.0569. The Morgan fingerprint density at radius 3 is 2.40 bits per heavy atom.